The van der Waals surface area contributed by atoms with Gasteiger partial charge in [-0.1, -0.05) is 38.1 Å². The number of imidazole rings is 1. The Hall–Kier alpha value is -3.52. The first-order valence-electron chi connectivity index (χ1n) is 11.0. The van der Waals surface area contributed by atoms with Gasteiger partial charge in [-0.2, -0.15) is 0 Å². The number of para-hydroxylation sites is 2. The molecule has 0 spiro atoms. The summed E-state index contributed by atoms with van der Waals surface area (Å²) < 4.78 is 2.01. The van der Waals surface area contributed by atoms with Gasteiger partial charge in [-0.3, -0.25) is 24.6 Å². The molecule has 8 heteroatoms. The Labute approximate surface area is 186 Å². The van der Waals surface area contributed by atoms with Crippen molar-refractivity contribution in [2.45, 2.75) is 26.8 Å². The minimum Gasteiger partial charge on any atom is -0.309 e. The van der Waals surface area contributed by atoms with Gasteiger partial charge in [-0.25, -0.2) is 4.98 Å². The van der Waals surface area contributed by atoms with Gasteiger partial charge in [0.25, 0.3) is 11.8 Å². The number of rotatable bonds is 9. The van der Waals surface area contributed by atoms with Gasteiger partial charge in [0.15, 0.2) is 0 Å². The third kappa shape index (κ3) is 4.13. The molecule has 4 rings (SSSR count). The lowest BCUT2D eigenvalue weighted by atomic mass is 10.1. The van der Waals surface area contributed by atoms with Crippen molar-refractivity contribution in [2.75, 3.05) is 31.5 Å². The second-order valence-corrected chi connectivity index (χ2v) is 7.71. The molecule has 32 heavy (non-hydrogen) atoms. The molecule has 0 unspecified atom stereocenters. The van der Waals surface area contributed by atoms with E-state index in [2.05, 4.69) is 29.0 Å². The molecule has 3 amide bonds. The van der Waals surface area contributed by atoms with Crippen molar-refractivity contribution in [3.8, 4) is 0 Å². The number of imide groups is 1. The number of anilines is 1. The van der Waals surface area contributed by atoms with Crippen LogP contribution in [0.4, 0.5) is 5.95 Å². The minimum absolute atomic E-state index is 0.00468. The van der Waals surface area contributed by atoms with Crippen molar-refractivity contribution in [3.05, 3.63) is 59.7 Å². The molecular formula is C24H27N5O3. The fourth-order valence-electron chi connectivity index (χ4n) is 4.02. The number of amides is 3. The summed E-state index contributed by atoms with van der Waals surface area (Å²) in [6, 6.07) is 14.5. The first-order valence-corrected chi connectivity index (χ1v) is 11.0. The van der Waals surface area contributed by atoms with Crippen molar-refractivity contribution in [1.82, 2.24) is 19.4 Å². The van der Waals surface area contributed by atoms with Crippen LogP contribution in [-0.2, 0) is 11.3 Å². The molecule has 8 nitrogen and oxygen atoms in total. The Kier molecular flexibility index (Phi) is 6.32. The Morgan fingerprint density at radius 3 is 2.22 bits per heavy atom. The molecule has 1 aliphatic heterocycles. The van der Waals surface area contributed by atoms with Crippen LogP contribution in [0.2, 0.25) is 0 Å². The third-order valence-corrected chi connectivity index (χ3v) is 5.88. The van der Waals surface area contributed by atoms with E-state index >= 15 is 0 Å². The summed E-state index contributed by atoms with van der Waals surface area (Å²) in [5.41, 5.74) is 2.53. The molecular weight excluding hydrogens is 406 g/mol. The van der Waals surface area contributed by atoms with Gasteiger partial charge in [0.05, 0.1) is 22.2 Å². The van der Waals surface area contributed by atoms with E-state index < -0.39 is 0 Å². The second-order valence-electron chi connectivity index (χ2n) is 7.71. The van der Waals surface area contributed by atoms with Crippen molar-refractivity contribution in [1.29, 1.82) is 0 Å². The van der Waals surface area contributed by atoms with Crippen LogP contribution in [0, 0.1) is 0 Å². The minimum atomic E-state index is -0.357. The van der Waals surface area contributed by atoms with E-state index in [-0.39, 0.29) is 30.7 Å². The van der Waals surface area contributed by atoms with E-state index in [9.17, 15) is 14.4 Å². The lowest BCUT2D eigenvalue weighted by Crippen LogP contribution is -2.33. The van der Waals surface area contributed by atoms with Gasteiger partial charge in [-0.05, 0) is 37.4 Å². The van der Waals surface area contributed by atoms with Crippen LogP contribution in [0.1, 0.15) is 41.0 Å². The highest BCUT2D eigenvalue weighted by molar-refractivity contribution is 6.21. The summed E-state index contributed by atoms with van der Waals surface area (Å²) in [6.45, 7) is 7.70. The molecule has 0 radical (unpaired) electrons. The van der Waals surface area contributed by atoms with Gasteiger partial charge in [-0.15, -0.1) is 0 Å². The monoisotopic (exact) mass is 433 g/mol. The molecule has 1 N–H and O–H groups in total. The normalized spacial score (nSPS) is 13.3. The molecule has 0 saturated carbocycles. The first kappa shape index (κ1) is 21.7. The molecule has 2 aromatic carbocycles. The molecule has 3 aromatic rings. The molecule has 0 fully saturated rings. The number of hydrogen-bond donors (Lipinski definition) is 1. The predicted octanol–water partition coefficient (Wildman–Crippen LogP) is 3.00. The molecule has 1 aromatic heterocycles. The quantitative estimate of drug-likeness (QED) is 0.524. The maximum atomic E-state index is 12.7. The molecule has 0 saturated heterocycles. The van der Waals surface area contributed by atoms with Gasteiger partial charge < -0.3 is 9.47 Å². The Morgan fingerprint density at radius 2 is 1.56 bits per heavy atom. The van der Waals surface area contributed by atoms with Crippen LogP contribution in [0.3, 0.4) is 0 Å². The van der Waals surface area contributed by atoms with Crippen LogP contribution in [0.25, 0.3) is 11.0 Å². The van der Waals surface area contributed by atoms with E-state index in [4.69, 9.17) is 0 Å². The summed E-state index contributed by atoms with van der Waals surface area (Å²) >= 11 is 0. The largest absolute Gasteiger partial charge is 0.309 e. The van der Waals surface area contributed by atoms with Crippen LogP contribution < -0.4 is 5.32 Å². The highest BCUT2D eigenvalue weighted by Crippen LogP contribution is 2.23. The first-order chi connectivity index (χ1) is 15.5. The molecule has 0 aliphatic carbocycles. The molecule has 166 valence electrons. The number of likely N-dealkylation sites (N-methyl/N-ethyl adjacent to an activating group) is 1. The summed E-state index contributed by atoms with van der Waals surface area (Å²) in [4.78, 5) is 45.8. The van der Waals surface area contributed by atoms with E-state index in [1.807, 2.05) is 28.8 Å². The molecule has 0 atom stereocenters. The number of nitrogens with zero attached hydrogens (tertiary/aromatic N) is 4. The molecule has 2 heterocycles. The second kappa shape index (κ2) is 9.32. The highest BCUT2D eigenvalue weighted by atomic mass is 16.2. The highest BCUT2D eigenvalue weighted by Gasteiger charge is 2.35. The lowest BCUT2D eigenvalue weighted by Gasteiger charge is -2.19. The predicted molar refractivity (Wildman–Crippen MR) is 123 cm³/mol. The average molecular weight is 434 g/mol. The number of fused-ring (bicyclic) bond motifs is 2. The number of nitrogens with one attached hydrogen (secondary N) is 1. The zero-order valence-corrected chi connectivity index (χ0v) is 18.4. The van der Waals surface area contributed by atoms with Gasteiger partial charge in [0.1, 0.15) is 0 Å². The van der Waals surface area contributed by atoms with Crippen LogP contribution >= 0.6 is 0 Å². The zero-order valence-electron chi connectivity index (χ0n) is 18.4. The van der Waals surface area contributed by atoms with E-state index in [0.717, 1.165) is 35.6 Å². The lowest BCUT2D eigenvalue weighted by molar-refractivity contribution is -0.116. The van der Waals surface area contributed by atoms with E-state index in [0.29, 0.717) is 23.6 Å². The van der Waals surface area contributed by atoms with Crippen LogP contribution in [0.15, 0.2) is 48.5 Å². The summed E-state index contributed by atoms with van der Waals surface area (Å²) in [6.07, 6.45) is 0.00468. The standard InChI is InChI=1S/C24H27N5O3/c1-3-27(4-2)15-16-28-20-12-8-7-11-19(20)25-24(28)26-21(30)13-14-29-22(31)17-9-5-6-10-18(17)23(29)32/h5-12H,3-4,13-16H2,1-2H3,(H,25,26,30). The average Bonchev–Trinajstić information content (AvgIpc) is 3.27. The number of benzene rings is 2. The number of carbonyl (C=O) groups excluding carboxylic acids is 3. The number of aromatic nitrogens is 2. The van der Waals surface area contributed by atoms with E-state index in [1.54, 1.807) is 24.3 Å². The fourth-order valence-corrected chi connectivity index (χ4v) is 4.02. The number of hydrogen-bond acceptors (Lipinski definition) is 5. The maximum absolute atomic E-state index is 12.7. The van der Waals surface area contributed by atoms with Crippen molar-refractivity contribution in [3.63, 3.8) is 0 Å². The Bertz CT molecular complexity index is 1130. The molecule has 1 aliphatic rings. The van der Waals surface area contributed by atoms with Gasteiger partial charge in [0.2, 0.25) is 11.9 Å². The maximum Gasteiger partial charge on any atom is 0.261 e. The Balaban J connectivity index is 1.45. The van der Waals surface area contributed by atoms with Crippen LogP contribution in [-0.4, -0.2) is 63.3 Å². The topological polar surface area (TPSA) is 87.5 Å². The van der Waals surface area contributed by atoms with Crippen molar-refractivity contribution in [2.24, 2.45) is 0 Å². The van der Waals surface area contributed by atoms with Crippen molar-refractivity contribution >= 4 is 34.7 Å². The summed E-state index contributed by atoms with van der Waals surface area (Å²) in [7, 11) is 0. The zero-order chi connectivity index (χ0) is 22.7. The van der Waals surface area contributed by atoms with Gasteiger partial charge >= 0.3 is 0 Å². The van der Waals surface area contributed by atoms with E-state index in [1.165, 1.54) is 0 Å². The summed E-state index contributed by atoms with van der Waals surface area (Å²) in [5, 5.41) is 2.88. The third-order valence-electron chi connectivity index (χ3n) is 5.88. The smallest absolute Gasteiger partial charge is 0.261 e. The number of carbonyl (C=O) groups is 3. The molecule has 0 bridgehead atoms. The Morgan fingerprint density at radius 1 is 0.938 bits per heavy atom. The SMILES string of the molecule is CCN(CC)CCn1c(NC(=O)CCN2C(=O)c3ccccc3C2=O)nc2ccccc21. The fraction of sp³-hybridized carbons (Fsp3) is 0.333. The van der Waals surface area contributed by atoms with Gasteiger partial charge in [0, 0.05) is 26.1 Å². The van der Waals surface area contributed by atoms with Crippen LogP contribution in [0.5, 0.6) is 0 Å². The summed E-state index contributed by atoms with van der Waals surface area (Å²) in [5.74, 6) is -0.526. The van der Waals surface area contributed by atoms with Crippen molar-refractivity contribution < 1.29 is 14.4 Å².